The van der Waals surface area contributed by atoms with Gasteiger partial charge in [-0.3, -0.25) is 9.79 Å². The number of rotatable bonds is 4. The summed E-state index contributed by atoms with van der Waals surface area (Å²) in [6.45, 7) is 4.57. The van der Waals surface area contributed by atoms with Crippen LogP contribution in [0.4, 0.5) is 0 Å². The summed E-state index contributed by atoms with van der Waals surface area (Å²) in [7, 11) is 3.51. The number of imidazole rings is 1. The molecule has 2 N–H and O–H groups in total. The van der Waals surface area contributed by atoms with Crippen molar-refractivity contribution in [3.63, 3.8) is 0 Å². The number of aliphatic imine (C=N–C) groups is 1. The number of aryl methyl sites for hydroxylation is 1. The number of amides is 1. The van der Waals surface area contributed by atoms with E-state index in [0.717, 1.165) is 43.2 Å². The fourth-order valence-electron chi connectivity index (χ4n) is 3.50. The lowest BCUT2D eigenvalue weighted by Crippen LogP contribution is -2.45. The minimum Gasteiger partial charge on any atom is -0.359 e. The summed E-state index contributed by atoms with van der Waals surface area (Å²) >= 11 is 0. The van der Waals surface area contributed by atoms with Crippen LogP contribution < -0.4 is 10.6 Å². The van der Waals surface area contributed by atoms with Gasteiger partial charge in [0.1, 0.15) is 5.65 Å². The van der Waals surface area contributed by atoms with Gasteiger partial charge >= 0.3 is 0 Å². The maximum atomic E-state index is 11.5. The van der Waals surface area contributed by atoms with E-state index < -0.39 is 0 Å². The number of likely N-dealkylation sites (tertiary alicyclic amines) is 1. The van der Waals surface area contributed by atoms with Crippen molar-refractivity contribution in [2.45, 2.75) is 32.7 Å². The van der Waals surface area contributed by atoms with Gasteiger partial charge in [-0.25, -0.2) is 4.98 Å². The van der Waals surface area contributed by atoms with Crippen LogP contribution in [0.25, 0.3) is 5.65 Å². The van der Waals surface area contributed by atoms with Gasteiger partial charge in [-0.05, 0) is 37.8 Å². The number of carbonyl (C=O) groups excluding carboxylic acids is 1. The van der Waals surface area contributed by atoms with Gasteiger partial charge in [0.05, 0.1) is 12.2 Å². The summed E-state index contributed by atoms with van der Waals surface area (Å²) in [4.78, 5) is 22.9. The number of carbonyl (C=O) groups is 1. The van der Waals surface area contributed by atoms with E-state index in [1.165, 1.54) is 5.69 Å². The van der Waals surface area contributed by atoms with Crippen LogP contribution in [-0.4, -0.2) is 53.3 Å². The molecule has 2 aromatic heterocycles. The molecule has 1 fully saturated rings. The number of hydrogen-bond donors (Lipinski definition) is 2. The first-order valence-corrected chi connectivity index (χ1v) is 9.20. The van der Waals surface area contributed by atoms with Crippen LogP contribution >= 0.6 is 24.0 Å². The maximum Gasteiger partial charge on any atom is 0.220 e. The topological polar surface area (TPSA) is 74.0 Å². The summed E-state index contributed by atoms with van der Waals surface area (Å²) in [5, 5.41) is 6.14. The first-order valence-electron chi connectivity index (χ1n) is 9.20. The van der Waals surface area contributed by atoms with E-state index in [2.05, 4.69) is 49.1 Å². The summed E-state index contributed by atoms with van der Waals surface area (Å²) in [6.07, 6.45) is 4.72. The van der Waals surface area contributed by atoms with Crippen LogP contribution in [0.2, 0.25) is 0 Å². The van der Waals surface area contributed by atoms with Gasteiger partial charge < -0.3 is 19.9 Å². The third-order valence-electron chi connectivity index (χ3n) is 5.05. The molecule has 1 amide bonds. The number of halogens is 1. The Hall–Kier alpha value is -1.84. The molecule has 1 aliphatic rings. The van der Waals surface area contributed by atoms with E-state index in [0.29, 0.717) is 18.9 Å². The van der Waals surface area contributed by atoms with Crippen molar-refractivity contribution in [2.24, 2.45) is 10.9 Å². The molecule has 0 aromatic carbocycles. The fourth-order valence-corrected chi connectivity index (χ4v) is 3.50. The molecule has 8 heteroatoms. The Bertz CT molecular complexity index is 795. The van der Waals surface area contributed by atoms with E-state index in [9.17, 15) is 4.79 Å². The summed E-state index contributed by atoms with van der Waals surface area (Å²) in [6, 6.07) is 6.12. The Morgan fingerprint density at radius 2 is 2.07 bits per heavy atom. The Morgan fingerprint density at radius 3 is 2.70 bits per heavy atom. The van der Waals surface area contributed by atoms with Crippen LogP contribution in [0.15, 0.2) is 29.4 Å². The zero-order valence-electron chi connectivity index (χ0n) is 16.2. The normalized spacial score (nSPS) is 15.5. The summed E-state index contributed by atoms with van der Waals surface area (Å²) in [5.41, 5.74) is 3.13. The molecule has 0 aliphatic carbocycles. The summed E-state index contributed by atoms with van der Waals surface area (Å²) < 4.78 is 2.10. The molecule has 3 heterocycles. The highest BCUT2D eigenvalue weighted by atomic mass is 127. The van der Waals surface area contributed by atoms with Gasteiger partial charge in [-0.2, -0.15) is 0 Å². The lowest BCUT2D eigenvalue weighted by atomic mass is 9.93. The van der Waals surface area contributed by atoms with Crippen molar-refractivity contribution >= 4 is 41.5 Å². The molecule has 3 rings (SSSR count). The number of pyridine rings is 1. The second kappa shape index (κ2) is 9.91. The number of aromatic nitrogens is 2. The second-order valence-electron chi connectivity index (χ2n) is 6.84. The lowest BCUT2D eigenvalue weighted by molar-refractivity contribution is -0.121. The molecule has 7 nitrogen and oxygen atoms in total. The molecular weight excluding hydrogens is 455 g/mol. The van der Waals surface area contributed by atoms with Crippen molar-refractivity contribution in [3.8, 4) is 0 Å². The van der Waals surface area contributed by atoms with Crippen molar-refractivity contribution in [1.29, 1.82) is 0 Å². The Labute approximate surface area is 177 Å². The van der Waals surface area contributed by atoms with Gasteiger partial charge in [-0.15, -0.1) is 24.0 Å². The van der Waals surface area contributed by atoms with Crippen molar-refractivity contribution in [2.75, 3.05) is 27.2 Å². The highest BCUT2D eigenvalue weighted by Gasteiger charge is 2.23. The van der Waals surface area contributed by atoms with E-state index in [-0.39, 0.29) is 29.9 Å². The number of fused-ring (bicyclic) bond motifs is 1. The molecule has 1 aliphatic heterocycles. The zero-order valence-corrected chi connectivity index (χ0v) is 18.6. The highest BCUT2D eigenvalue weighted by Crippen LogP contribution is 2.20. The molecular formula is C19H29IN6O. The quantitative estimate of drug-likeness (QED) is 0.397. The average Bonchev–Trinajstić information content (AvgIpc) is 3.08. The van der Waals surface area contributed by atoms with Crippen LogP contribution in [0.3, 0.4) is 0 Å². The standard InChI is InChI=1S/C19H28N6O.HI/c1-14-5-4-6-17-23-16(13-25(14)17)12-22-19(21-3)24-9-7-15(8-10-24)11-18(26)20-2;/h4-6,13,15H,7-12H2,1-3H3,(H,20,26)(H,21,22);1H. The van der Waals surface area contributed by atoms with Gasteiger partial charge in [-0.1, -0.05) is 6.07 Å². The van der Waals surface area contributed by atoms with E-state index >= 15 is 0 Å². The molecule has 0 spiro atoms. The molecule has 0 unspecified atom stereocenters. The molecule has 148 valence electrons. The average molecular weight is 484 g/mol. The minimum absolute atomic E-state index is 0. The molecule has 0 saturated carbocycles. The van der Waals surface area contributed by atoms with Crippen LogP contribution in [0.5, 0.6) is 0 Å². The predicted octanol–water partition coefficient (Wildman–Crippen LogP) is 2.18. The molecule has 1 saturated heterocycles. The molecule has 0 bridgehead atoms. The number of nitrogens with zero attached hydrogens (tertiary/aromatic N) is 4. The third-order valence-corrected chi connectivity index (χ3v) is 5.05. The second-order valence-corrected chi connectivity index (χ2v) is 6.84. The van der Waals surface area contributed by atoms with Crippen LogP contribution in [-0.2, 0) is 11.3 Å². The van der Waals surface area contributed by atoms with Crippen LogP contribution in [0.1, 0.15) is 30.7 Å². The molecule has 0 radical (unpaired) electrons. The molecule has 27 heavy (non-hydrogen) atoms. The Morgan fingerprint density at radius 1 is 1.33 bits per heavy atom. The first-order chi connectivity index (χ1) is 12.6. The molecule has 0 atom stereocenters. The van der Waals surface area contributed by atoms with E-state index in [1.807, 2.05) is 19.2 Å². The number of guanidine groups is 1. The van der Waals surface area contributed by atoms with E-state index in [1.54, 1.807) is 7.05 Å². The summed E-state index contributed by atoms with van der Waals surface area (Å²) in [5.74, 6) is 1.50. The predicted molar refractivity (Wildman–Crippen MR) is 119 cm³/mol. The number of hydrogen-bond acceptors (Lipinski definition) is 3. The van der Waals surface area contributed by atoms with Gasteiger partial charge in [0.25, 0.3) is 0 Å². The van der Waals surface area contributed by atoms with Crippen LogP contribution in [0, 0.1) is 12.8 Å². The third kappa shape index (κ3) is 5.33. The first kappa shape index (κ1) is 21.5. The highest BCUT2D eigenvalue weighted by molar-refractivity contribution is 14.0. The van der Waals surface area contributed by atoms with Crippen molar-refractivity contribution < 1.29 is 4.79 Å². The fraction of sp³-hybridized carbons (Fsp3) is 0.526. The molecule has 2 aromatic rings. The monoisotopic (exact) mass is 484 g/mol. The SMILES string of the molecule is CN=C(NCc1cn2c(C)cccc2n1)N1CCC(CC(=O)NC)CC1.I. The zero-order chi connectivity index (χ0) is 18.5. The van der Waals surface area contributed by atoms with Crippen molar-refractivity contribution in [3.05, 3.63) is 35.8 Å². The smallest absolute Gasteiger partial charge is 0.220 e. The van der Waals surface area contributed by atoms with E-state index in [4.69, 9.17) is 0 Å². The lowest BCUT2D eigenvalue weighted by Gasteiger charge is -2.34. The number of nitrogens with one attached hydrogen (secondary N) is 2. The van der Waals surface area contributed by atoms with Gasteiger partial charge in [0.15, 0.2) is 5.96 Å². The number of piperidine rings is 1. The minimum atomic E-state index is 0. The largest absolute Gasteiger partial charge is 0.359 e. The van der Waals surface area contributed by atoms with Gasteiger partial charge in [0.2, 0.25) is 5.91 Å². The maximum absolute atomic E-state index is 11.5. The Kier molecular flexibility index (Phi) is 7.88. The van der Waals surface area contributed by atoms with Crippen molar-refractivity contribution in [1.82, 2.24) is 24.9 Å². The Balaban J connectivity index is 0.00000261. The van der Waals surface area contributed by atoms with Gasteiger partial charge in [0, 0.05) is 45.5 Å².